The lowest BCUT2D eigenvalue weighted by Gasteiger charge is -2.06. The third-order valence-electron chi connectivity index (χ3n) is 2.69. The number of fused-ring (bicyclic) bond motifs is 1. The Kier molecular flexibility index (Phi) is 2.90. The molecule has 4 nitrogen and oxygen atoms in total. The highest BCUT2D eigenvalue weighted by Gasteiger charge is 2.12. The molecule has 2 rings (SSSR count). The summed E-state index contributed by atoms with van der Waals surface area (Å²) >= 11 is 0. The molecular weight excluding hydrogens is 202 g/mol. The van der Waals surface area contributed by atoms with Gasteiger partial charge in [-0.25, -0.2) is 4.98 Å². The van der Waals surface area contributed by atoms with Crippen LogP contribution in [0, 0.1) is 5.92 Å². The van der Waals surface area contributed by atoms with Crippen molar-refractivity contribution in [1.82, 2.24) is 9.97 Å². The first-order chi connectivity index (χ1) is 7.70. The van der Waals surface area contributed by atoms with E-state index in [1.165, 1.54) is 0 Å². The molecule has 2 aromatic rings. The number of nitrogens with zero attached hydrogens (tertiary/aromatic N) is 1. The number of H-pyrrole nitrogens is 1. The average Bonchev–Trinajstić information content (AvgIpc) is 2.69. The Morgan fingerprint density at radius 3 is 2.94 bits per heavy atom. The van der Waals surface area contributed by atoms with Gasteiger partial charge in [0.15, 0.2) is 0 Å². The second kappa shape index (κ2) is 4.35. The largest absolute Gasteiger partial charge is 0.324 e. The van der Waals surface area contributed by atoms with Crippen LogP contribution in [0.4, 0.5) is 5.95 Å². The van der Waals surface area contributed by atoms with E-state index in [1.807, 2.05) is 38.1 Å². The molecule has 0 aliphatic rings. The van der Waals surface area contributed by atoms with Gasteiger partial charge >= 0.3 is 0 Å². The fraction of sp³-hybridized carbons (Fsp3) is 0.333. The van der Waals surface area contributed by atoms with Gasteiger partial charge < -0.3 is 4.98 Å². The van der Waals surface area contributed by atoms with Gasteiger partial charge in [-0.2, -0.15) is 0 Å². The Balaban J connectivity index is 2.18. The van der Waals surface area contributed by atoms with E-state index in [0.29, 0.717) is 5.95 Å². The molecule has 0 aliphatic heterocycles. The number of aromatic amines is 1. The summed E-state index contributed by atoms with van der Waals surface area (Å²) in [4.78, 5) is 19.0. The Bertz CT molecular complexity index is 471. The number of carbonyl (C=O) groups is 1. The maximum atomic E-state index is 11.6. The molecule has 1 amide bonds. The van der Waals surface area contributed by atoms with Crippen LogP contribution < -0.4 is 5.32 Å². The predicted octanol–water partition coefficient (Wildman–Crippen LogP) is 2.55. The number of imidazole rings is 1. The van der Waals surface area contributed by atoms with Gasteiger partial charge in [0.25, 0.3) is 0 Å². The van der Waals surface area contributed by atoms with Crippen LogP contribution in [0.25, 0.3) is 11.0 Å². The van der Waals surface area contributed by atoms with Crippen LogP contribution in [0.3, 0.4) is 0 Å². The fourth-order valence-corrected chi connectivity index (χ4v) is 1.44. The number of carbonyl (C=O) groups excluding carboxylic acids is 1. The molecule has 0 spiro atoms. The van der Waals surface area contributed by atoms with Crippen LogP contribution >= 0.6 is 0 Å². The highest BCUT2D eigenvalue weighted by atomic mass is 16.2. The summed E-state index contributed by atoms with van der Waals surface area (Å²) in [5.41, 5.74) is 1.80. The first kappa shape index (κ1) is 10.7. The van der Waals surface area contributed by atoms with E-state index in [-0.39, 0.29) is 11.8 Å². The van der Waals surface area contributed by atoms with Gasteiger partial charge in [-0.1, -0.05) is 26.0 Å². The summed E-state index contributed by atoms with van der Waals surface area (Å²) in [6, 6.07) is 7.69. The zero-order valence-corrected chi connectivity index (χ0v) is 9.45. The van der Waals surface area contributed by atoms with E-state index in [1.54, 1.807) is 0 Å². The highest BCUT2D eigenvalue weighted by Crippen LogP contribution is 2.14. The number of rotatable bonds is 3. The third kappa shape index (κ3) is 2.05. The van der Waals surface area contributed by atoms with Crippen molar-refractivity contribution < 1.29 is 4.79 Å². The van der Waals surface area contributed by atoms with Crippen molar-refractivity contribution in [3.05, 3.63) is 24.3 Å². The van der Waals surface area contributed by atoms with E-state index in [9.17, 15) is 4.79 Å². The van der Waals surface area contributed by atoms with Crippen LogP contribution in [-0.2, 0) is 4.79 Å². The first-order valence-electron chi connectivity index (χ1n) is 5.46. The summed E-state index contributed by atoms with van der Waals surface area (Å²) in [5, 5.41) is 2.78. The van der Waals surface area contributed by atoms with Crippen LogP contribution in [0.15, 0.2) is 24.3 Å². The Morgan fingerprint density at radius 2 is 2.25 bits per heavy atom. The SMILES string of the molecule is CC[C@@H](C)C(=O)Nc1nc2ccccc2[nH]1. The fourth-order valence-electron chi connectivity index (χ4n) is 1.44. The molecule has 1 aromatic heterocycles. The molecule has 0 aliphatic carbocycles. The second-order valence-corrected chi connectivity index (χ2v) is 3.90. The lowest BCUT2D eigenvalue weighted by Crippen LogP contribution is -2.20. The highest BCUT2D eigenvalue weighted by molar-refractivity contribution is 5.92. The average molecular weight is 217 g/mol. The summed E-state index contributed by atoms with van der Waals surface area (Å²) in [6.45, 7) is 3.89. The predicted molar refractivity (Wildman–Crippen MR) is 64.2 cm³/mol. The first-order valence-corrected chi connectivity index (χ1v) is 5.46. The van der Waals surface area contributed by atoms with Crippen LogP contribution in [-0.4, -0.2) is 15.9 Å². The molecule has 0 bridgehead atoms. The van der Waals surface area contributed by atoms with Crippen molar-refractivity contribution >= 4 is 22.9 Å². The molecule has 1 aromatic carbocycles. The number of hydrogen-bond acceptors (Lipinski definition) is 2. The molecule has 84 valence electrons. The Labute approximate surface area is 94.1 Å². The van der Waals surface area contributed by atoms with Crippen LogP contribution in [0.1, 0.15) is 20.3 Å². The van der Waals surface area contributed by atoms with Crippen LogP contribution in [0.2, 0.25) is 0 Å². The maximum Gasteiger partial charge on any atom is 0.229 e. The van der Waals surface area contributed by atoms with Gasteiger partial charge in [0, 0.05) is 5.92 Å². The zero-order valence-electron chi connectivity index (χ0n) is 9.45. The van der Waals surface area contributed by atoms with E-state index >= 15 is 0 Å². The van der Waals surface area contributed by atoms with Gasteiger partial charge in [0.1, 0.15) is 0 Å². The van der Waals surface area contributed by atoms with Gasteiger partial charge in [0.2, 0.25) is 11.9 Å². The van der Waals surface area contributed by atoms with E-state index in [4.69, 9.17) is 0 Å². The number of aromatic nitrogens is 2. The second-order valence-electron chi connectivity index (χ2n) is 3.90. The number of anilines is 1. The number of nitrogens with one attached hydrogen (secondary N) is 2. The van der Waals surface area contributed by atoms with Crippen molar-refractivity contribution in [2.45, 2.75) is 20.3 Å². The molecule has 1 atom stereocenters. The smallest absolute Gasteiger partial charge is 0.229 e. The monoisotopic (exact) mass is 217 g/mol. The lowest BCUT2D eigenvalue weighted by atomic mass is 10.1. The summed E-state index contributed by atoms with van der Waals surface area (Å²) in [6.07, 6.45) is 0.825. The summed E-state index contributed by atoms with van der Waals surface area (Å²) in [7, 11) is 0. The Morgan fingerprint density at radius 1 is 1.50 bits per heavy atom. The van der Waals surface area contributed by atoms with E-state index < -0.39 is 0 Å². The number of para-hydroxylation sites is 2. The molecule has 2 N–H and O–H groups in total. The number of benzene rings is 1. The van der Waals surface area contributed by atoms with Gasteiger partial charge in [-0.05, 0) is 18.6 Å². The molecule has 1 heterocycles. The minimum atomic E-state index is 0.00144. The Hall–Kier alpha value is -1.84. The molecule has 16 heavy (non-hydrogen) atoms. The molecule has 0 unspecified atom stereocenters. The van der Waals surface area contributed by atoms with Crippen molar-refractivity contribution in [2.24, 2.45) is 5.92 Å². The van der Waals surface area contributed by atoms with Crippen molar-refractivity contribution in [3.8, 4) is 0 Å². The zero-order chi connectivity index (χ0) is 11.5. The molecule has 4 heteroatoms. The van der Waals surface area contributed by atoms with E-state index in [2.05, 4.69) is 15.3 Å². The van der Waals surface area contributed by atoms with E-state index in [0.717, 1.165) is 17.5 Å². The third-order valence-corrected chi connectivity index (χ3v) is 2.69. The molecule has 0 radical (unpaired) electrons. The quantitative estimate of drug-likeness (QED) is 0.830. The van der Waals surface area contributed by atoms with Crippen molar-refractivity contribution in [3.63, 3.8) is 0 Å². The maximum absolute atomic E-state index is 11.6. The number of hydrogen-bond donors (Lipinski definition) is 2. The minimum absolute atomic E-state index is 0.00144. The number of amides is 1. The van der Waals surface area contributed by atoms with Gasteiger partial charge in [-0.3, -0.25) is 10.1 Å². The molecule has 0 fully saturated rings. The standard InChI is InChI=1S/C12H15N3O/c1-3-8(2)11(16)15-12-13-9-6-4-5-7-10(9)14-12/h4-8H,3H2,1-2H3,(H2,13,14,15,16)/t8-/m1/s1. The summed E-state index contributed by atoms with van der Waals surface area (Å²) < 4.78 is 0. The molecular formula is C12H15N3O. The normalized spacial score (nSPS) is 12.6. The lowest BCUT2D eigenvalue weighted by molar-refractivity contribution is -0.119. The summed E-state index contributed by atoms with van der Waals surface area (Å²) in [5.74, 6) is 0.529. The van der Waals surface area contributed by atoms with Gasteiger partial charge in [-0.15, -0.1) is 0 Å². The van der Waals surface area contributed by atoms with Crippen LogP contribution in [0.5, 0.6) is 0 Å². The molecule has 0 saturated carbocycles. The van der Waals surface area contributed by atoms with Gasteiger partial charge in [0.05, 0.1) is 11.0 Å². The van der Waals surface area contributed by atoms with Crippen molar-refractivity contribution in [1.29, 1.82) is 0 Å². The molecule has 0 saturated heterocycles. The van der Waals surface area contributed by atoms with Crippen molar-refractivity contribution in [2.75, 3.05) is 5.32 Å². The topological polar surface area (TPSA) is 57.8 Å². The minimum Gasteiger partial charge on any atom is -0.324 e.